The lowest BCUT2D eigenvalue weighted by Gasteiger charge is -2.17. The number of nitrogens with zero attached hydrogens (tertiary/aromatic N) is 2. The second-order valence-electron chi connectivity index (χ2n) is 5.52. The molecule has 0 aliphatic carbocycles. The predicted octanol–water partition coefficient (Wildman–Crippen LogP) is 2.36. The molecule has 2 aromatic rings. The molecule has 0 heterocycles. The Morgan fingerprint density at radius 3 is 2.35 bits per heavy atom. The summed E-state index contributed by atoms with van der Waals surface area (Å²) in [7, 11) is 4.77. The molecule has 0 spiro atoms. The zero-order valence-corrected chi connectivity index (χ0v) is 14.9. The number of non-ortho nitro benzene ring substituents is 1. The summed E-state index contributed by atoms with van der Waals surface area (Å²) in [5.74, 6) is 1.12. The summed E-state index contributed by atoms with van der Waals surface area (Å²) < 4.78 is 10.4. The Bertz CT molecular complexity index is 777. The average molecular weight is 359 g/mol. The molecule has 8 nitrogen and oxygen atoms in total. The van der Waals surface area contributed by atoms with E-state index in [9.17, 15) is 14.9 Å². The van der Waals surface area contributed by atoms with Crippen LogP contribution >= 0.6 is 0 Å². The zero-order chi connectivity index (χ0) is 19.1. The number of ether oxygens (including phenoxy) is 2. The van der Waals surface area contributed by atoms with Crippen LogP contribution in [0, 0.1) is 10.1 Å². The number of rotatable bonds is 8. The van der Waals surface area contributed by atoms with E-state index in [4.69, 9.17) is 9.47 Å². The van der Waals surface area contributed by atoms with Crippen molar-refractivity contribution in [2.45, 2.75) is 6.54 Å². The van der Waals surface area contributed by atoms with Crippen LogP contribution in [0.15, 0.2) is 42.5 Å². The molecule has 1 N–H and O–H groups in total. The summed E-state index contributed by atoms with van der Waals surface area (Å²) in [4.78, 5) is 23.9. The van der Waals surface area contributed by atoms with Crippen molar-refractivity contribution in [3.63, 3.8) is 0 Å². The molecule has 2 rings (SSSR count). The molecule has 2 aromatic carbocycles. The average Bonchev–Trinajstić information content (AvgIpc) is 2.67. The van der Waals surface area contributed by atoms with Gasteiger partial charge in [-0.1, -0.05) is 6.07 Å². The monoisotopic (exact) mass is 359 g/mol. The first-order chi connectivity index (χ1) is 12.5. The molecule has 8 heteroatoms. The Morgan fingerprint density at radius 2 is 1.77 bits per heavy atom. The predicted molar refractivity (Wildman–Crippen MR) is 97.8 cm³/mol. The third-order valence-corrected chi connectivity index (χ3v) is 3.88. The van der Waals surface area contributed by atoms with Crippen molar-refractivity contribution in [3.05, 3.63) is 58.1 Å². The van der Waals surface area contributed by atoms with Crippen molar-refractivity contribution in [1.29, 1.82) is 0 Å². The van der Waals surface area contributed by atoms with Crippen molar-refractivity contribution in [3.8, 4) is 11.5 Å². The van der Waals surface area contributed by atoms with Gasteiger partial charge in [0, 0.05) is 31.4 Å². The van der Waals surface area contributed by atoms with Crippen molar-refractivity contribution in [1.82, 2.24) is 5.32 Å². The van der Waals surface area contributed by atoms with Crippen molar-refractivity contribution in [2.75, 3.05) is 32.7 Å². The highest BCUT2D eigenvalue weighted by Gasteiger charge is 2.12. The second-order valence-corrected chi connectivity index (χ2v) is 5.52. The molecular formula is C18H21N3O5. The fourth-order valence-electron chi connectivity index (χ4n) is 2.36. The second kappa shape index (κ2) is 8.82. The Kier molecular flexibility index (Phi) is 6.51. The van der Waals surface area contributed by atoms with Crippen LogP contribution in [0.2, 0.25) is 0 Å². The highest BCUT2D eigenvalue weighted by molar-refractivity contribution is 5.94. The van der Waals surface area contributed by atoms with E-state index in [1.165, 1.54) is 17.0 Å². The normalized spacial score (nSPS) is 10.3. The summed E-state index contributed by atoms with van der Waals surface area (Å²) >= 11 is 0. The van der Waals surface area contributed by atoms with Crippen LogP contribution in [0.4, 0.5) is 11.4 Å². The van der Waals surface area contributed by atoms with Crippen LogP contribution in [0.1, 0.15) is 5.56 Å². The molecule has 0 aromatic heterocycles. The van der Waals surface area contributed by atoms with Crippen LogP contribution in [0.3, 0.4) is 0 Å². The third kappa shape index (κ3) is 4.70. The molecule has 26 heavy (non-hydrogen) atoms. The molecule has 0 saturated heterocycles. The summed E-state index contributed by atoms with van der Waals surface area (Å²) in [6.45, 7) is 0.613. The number of anilines is 1. The van der Waals surface area contributed by atoms with Gasteiger partial charge in [-0.25, -0.2) is 0 Å². The van der Waals surface area contributed by atoms with E-state index in [1.54, 1.807) is 39.5 Å². The quantitative estimate of drug-likeness (QED) is 0.574. The first-order valence-electron chi connectivity index (χ1n) is 7.89. The molecule has 0 aliphatic rings. The number of carbonyl (C=O) groups excluding carboxylic acids is 1. The van der Waals surface area contributed by atoms with E-state index in [2.05, 4.69) is 5.32 Å². The van der Waals surface area contributed by atoms with E-state index < -0.39 is 4.92 Å². The maximum atomic E-state index is 12.3. The van der Waals surface area contributed by atoms with Gasteiger partial charge in [0.05, 0.1) is 25.7 Å². The maximum absolute atomic E-state index is 12.3. The molecule has 0 unspecified atom stereocenters. The smallest absolute Gasteiger partial charge is 0.269 e. The number of nitrogens with one attached hydrogen (secondary N) is 1. The fourth-order valence-corrected chi connectivity index (χ4v) is 2.36. The van der Waals surface area contributed by atoms with Gasteiger partial charge >= 0.3 is 0 Å². The van der Waals surface area contributed by atoms with Crippen LogP contribution < -0.4 is 19.7 Å². The van der Waals surface area contributed by atoms with E-state index in [-0.39, 0.29) is 18.1 Å². The summed E-state index contributed by atoms with van der Waals surface area (Å²) in [5.41, 5.74) is 1.53. The number of methoxy groups -OCH3 is 2. The third-order valence-electron chi connectivity index (χ3n) is 3.88. The minimum Gasteiger partial charge on any atom is -0.493 e. The molecule has 0 radical (unpaired) electrons. The minimum atomic E-state index is -0.476. The molecule has 0 saturated carbocycles. The number of likely N-dealkylation sites (N-methyl/N-ethyl adjacent to an activating group) is 1. The number of hydrogen-bond donors (Lipinski definition) is 1. The van der Waals surface area contributed by atoms with Crippen LogP contribution in [-0.2, 0) is 11.3 Å². The molecule has 0 fully saturated rings. The van der Waals surface area contributed by atoms with Gasteiger partial charge in [-0.3, -0.25) is 14.9 Å². The minimum absolute atomic E-state index is 0.0128. The first kappa shape index (κ1) is 19.2. The molecule has 1 amide bonds. The highest BCUT2D eigenvalue weighted by atomic mass is 16.6. The van der Waals surface area contributed by atoms with Gasteiger partial charge in [-0.15, -0.1) is 0 Å². The Morgan fingerprint density at radius 1 is 1.12 bits per heavy atom. The fraction of sp³-hybridized carbons (Fsp3) is 0.278. The van der Waals surface area contributed by atoms with Gasteiger partial charge in [0.1, 0.15) is 0 Å². The maximum Gasteiger partial charge on any atom is 0.269 e. The summed E-state index contributed by atoms with van der Waals surface area (Å²) in [6, 6.07) is 11.4. The van der Waals surface area contributed by atoms with Crippen molar-refractivity contribution < 1.29 is 19.2 Å². The van der Waals surface area contributed by atoms with E-state index in [0.29, 0.717) is 23.7 Å². The summed E-state index contributed by atoms with van der Waals surface area (Å²) in [5, 5.41) is 13.8. The van der Waals surface area contributed by atoms with Gasteiger partial charge < -0.3 is 19.7 Å². The Labute approximate surface area is 151 Å². The van der Waals surface area contributed by atoms with Crippen LogP contribution in [0.25, 0.3) is 0 Å². The molecule has 0 bridgehead atoms. The van der Waals surface area contributed by atoms with Crippen LogP contribution in [0.5, 0.6) is 11.5 Å². The van der Waals surface area contributed by atoms with Gasteiger partial charge in [-0.2, -0.15) is 0 Å². The van der Waals surface area contributed by atoms with Gasteiger partial charge in [0.25, 0.3) is 5.69 Å². The lowest BCUT2D eigenvalue weighted by Crippen LogP contribution is -2.35. The number of nitro benzene ring substituents is 1. The lowest BCUT2D eigenvalue weighted by molar-refractivity contribution is -0.384. The van der Waals surface area contributed by atoms with E-state index in [0.717, 1.165) is 5.56 Å². The zero-order valence-electron chi connectivity index (χ0n) is 14.9. The van der Waals surface area contributed by atoms with Crippen molar-refractivity contribution in [2.24, 2.45) is 0 Å². The van der Waals surface area contributed by atoms with Gasteiger partial charge in [0.15, 0.2) is 11.5 Å². The Balaban J connectivity index is 1.90. The largest absolute Gasteiger partial charge is 0.493 e. The highest BCUT2D eigenvalue weighted by Crippen LogP contribution is 2.27. The molecule has 0 aliphatic heterocycles. The number of amides is 1. The first-order valence-corrected chi connectivity index (χ1v) is 7.89. The number of hydrogen-bond acceptors (Lipinski definition) is 6. The Hall–Kier alpha value is -3.13. The summed E-state index contributed by atoms with van der Waals surface area (Å²) in [6.07, 6.45) is 0. The lowest BCUT2D eigenvalue weighted by atomic mass is 10.2. The van der Waals surface area contributed by atoms with Gasteiger partial charge in [0.2, 0.25) is 5.91 Å². The van der Waals surface area contributed by atoms with Crippen LogP contribution in [-0.4, -0.2) is 38.6 Å². The number of nitro groups is 1. The van der Waals surface area contributed by atoms with E-state index in [1.807, 2.05) is 12.1 Å². The molecule has 0 atom stereocenters. The van der Waals surface area contributed by atoms with Crippen molar-refractivity contribution >= 4 is 17.3 Å². The number of carbonyl (C=O) groups is 1. The molecular weight excluding hydrogens is 338 g/mol. The topological polar surface area (TPSA) is 93.9 Å². The standard InChI is InChI=1S/C18H21N3O5/c1-20(14-5-7-15(8-6-14)21(23)24)18(22)12-19-11-13-4-9-16(25-2)17(10-13)26-3/h4-10,19H,11-12H2,1-3H3. The van der Waals surface area contributed by atoms with Gasteiger partial charge in [-0.05, 0) is 29.8 Å². The number of benzene rings is 2. The van der Waals surface area contributed by atoms with E-state index >= 15 is 0 Å². The molecule has 138 valence electrons. The SMILES string of the molecule is COc1ccc(CNCC(=O)N(C)c2ccc([N+](=O)[O-])cc2)cc1OC.